The summed E-state index contributed by atoms with van der Waals surface area (Å²) in [6.45, 7) is 0. The van der Waals surface area contributed by atoms with Gasteiger partial charge in [0.1, 0.15) is 0 Å². The second-order valence-electron chi connectivity index (χ2n) is 8.62. The van der Waals surface area contributed by atoms with Crippen LogP contribution in [0.4, 0.5) is 6.45 Å². The molecular formula is C36H33F2P3Pd. The standard InChI is InChI=1S/3C12H11P.2FH.Pd/c3*1-3-7-11(8-4-1)13-12-9-5-2-6-10-12;;;/h3*1-10,13H;2*1H;/q;;;;;+2/p-2. The van der Waals surface area contributed by atoms with Crippen LogP contribution in [0.2, 0.25) is 0 Å². The second-order valence-corrected chi connectivity index (χ2v) is 13.1. The maximum atomic E-state index is 9.68. The molecule has 0 nitrogen and oxygen atoms in total. The van der Waals surface area contributed by atoms with Crippen LogP contribution in [-0.4, -0.2) is 0 Å². The molecule has 0 heterocycles. The minimum atomic E-state index is -2.05. The number of hydrogen-bond donors (Lipinski definition) is 0. The molecule has 0 saturated heterocycles. The third kappa shape index (κ3) is 14.9. The average molecular weight is 703 g/mol. The van der Waals surface area contributed by atoms with Crippen molar-refractivity contribution < 1.29 is 25.5 Å². The fraction of sp³-hybridized carbons (Fsp3) is 0. The number of rotatable bonds is 6. The normalized spacial score (nSPS) is 9.67. The molecule has 6 heteroatoms. The Morgan fingerprint density at radius 3 is 0.500 bits per heavy atom. The molecule has 0 bridgehead atoms. The second kappa shape index (κ2) is 21.8. The zero-order valence-electron chi connectivity index (χ0n) is 22.9. The topological polar surface area (TPSA) is 0 Å². The van der Waals surface area contributed by atoms with E-state index in [1.54, 1.807) is 0 Å². The molecule has 0 saturated carbocycles. The van der Waals surface area contributed by atoms with Crippen molar-refractivity contribution in [1.82, 2.24) is 0 Å². The Morgan fingerprint density at radius 1 is 0.262 bits per heavy atom. The fourth-order valence-electron chi connectivity index (χ4n) is 3.63. The molecule has 6 aromatic rings. The van der Waals surface area contributed by atoms with Crippen LogP contribution >= 0.6 is 25.7 Å². The van der Waals surface area contributed by atoms with Gasteiger partial charge in [-0.2, -0.15) is 0 Å². The van der Waals surface area contributed by atoms with Gasteiger partial charge in [0.05, 0.1) is 0 Å². The van der Waals surface area contributed by atoms with E-state index in [4.69, 9.17) is 0 Å². The molecule has 0 aromatic heterocycles. The molecule has 0 aliphatic rings. The zero-order chi connectivity index (χ0) is 29.5. The van der Waals surface area contributed by atoms with E-state index in [9.17, 15) is 6.45 Å². The summed E-state index contributed by atoms with van der Waals surface area (Å²) in [7, 11) is 2.33. The van der Waals surface area contributed by atoms with Crippen LogP contribution in [0.1, 0.15) is 0 Å². The Labute approximate surface area is 263 Å². The average Bonchev–Trinajstić information content (AvgIpc) is 3.05. The number of hydrogen-bond acceptors (Lipinski definition) is 0. The molecule has 0 aliphatic heterocycles. The molecule has 6 aromatic carbocycles. The summed E-state index contributed by atoms with van der Waals surface area (Å²) in [6, 6.07) is 63.5. The molecule has 0 radical (unpaired) electrons. The van der Waals surface area contributed by atoms with Gasteiger partial charge in [-0.1, -0.05) is 208 Å². The Balaban J connectivity index is 0.000000165. The fourth-order valence-corrected chi connectivity index (χ4v) is 6.78. The van der Waals surface area contributed by atoms with Gasteiger partial charge < -0.3 is 0 Å². The van der Waals surface area contributed by atoms with Gasteiger partial charge in [-0.15, -0.1) is 0 Å². The summed E-state index contributed by atoms with van der Waals surface area (Å²) in [4.78, 5) is 0. The molecule has 0 spiro atoms. The SMILES string of the molecule is [F][Pd][F].c1ccc(Pc2ccccc2)cc1.c1ccc(Pc2ccccc2)cc1.c1ccc(Pc2ccccc2)cc1. The summed E-state index contributed by atoms with van der Waals surface area (Å²) >= 11 is -2.05. The van der Waals surface area contributed by atoms with E-state index in [0.29, 0.717) is 0 Å². The summed E-state index contributed by atoms with van der Waals surface area (Å²) in [5.41, 5.74) is 0. The van der Waals surface area contributed by atoms with Gasteiger partial charge in [-0.25, -0.2) is 0 Å². The molecular weight excluding hydrogens is 670 g/mol. The van der Waals surface area contributed by atoms with Crippen molar-refractivity contribution in [3.63, 3.8) is 0 Å². The first-order valence-electron chi connectivity index (χ1n) is 13.2. The Morgan fingerprint density at radius 2 is 0.381 bits per heavy atom. The number of halogens is 2. The van der Waals surface area contributed by atoms with Crippen molar-refractivity contribution in [2.75, 3.05) is 0 Å². The molecule has 6 rings (SSSR count). The van der Waals surface area contributed by atoms with Crippen LogP contribution in [0.15, 0.2) is 182 Å². The van der Waals surface area contributed by atoms with Crippen molar-refractivity contribution >= 4 is 57.6 Å². The maximum Gasteiger partial charge on any atom is -0.0226 e. The van der Waals surface area contributed by atoms with E-state index in [2.05, 4.69) is 182 Å². The van der Waals surface area contributed by atoms with E-state index in [1.807, 2.05) is 0 Å². The molecule has 0 fully saturated rings. The Bertz CT molecular complexity index is 1170. The molecule has 0 N–H and O–H groups in total. The van der Waals surface area contributed by atoms with E-state index < -0.39 is 19.0 Å². The minimum Gasteiger partial charge on any atom is -0.0622 e. The first-order chi connectivity index (χ1) is 20.8. The first-order valence-corrected chi connectivity index (χ1v) is 17.4. The molecule has 0 unspecified atom stereocenters. The Hall–Kier alpha value is -2.87. The predicted molar refractivity (Wildman–Crippen MR) is 184 cm³/mol. The summed E-state index contributed by atoms with van der Waals surface area (Å²) in [5.74, 6) is 0. The number of benzene rings is 6. The van der Waals surface area contributed by atoms with E-state index in [-0.39, 0.29) is 0 Å². The quantitative estimate of drug-likeness (QED) is 0.123. The maximum absolute atomic E-state index is 9.68. The summed E-state index contributed by atoms with van der Waals surface area (Å²) in [6.07, 6.45) is 0. The van der Waals surface area contributed by atoms with Crippen LogP contribution in [0.3, 0.4) is 0 Å². The zero-order valence-corrected chi connectivity index (χ0v) is 27.4. The van der Waals surface area contributed by atoms with Crippen molar-refractivity contribution in [3.05, 3.63) is 182 Å². The molecule has 0 aliphatic carbocycles. The molecule has 42 heavy (non-hydrogen) atoms. The monoisotopic (exact) mass is 702 g/mol. The van der Waals surface area contributed by atoms with Gasteiger partial charge in [0.25, 0.3) is 0 Å². The van der Waals surface area contributed by atoms with E-state index in [0.717, 1.165) is 25.7 Å². The first kappa shape index (κ1) is 33.6. The van der Waals surface area contributed by atoms with Crippen molar-refractivity contribution in [2.24, 2.45) is 0 Å². The van der Waals surface area contributed by atoms with Gasteiger partial charge in [0.2, 0.25) is 0 Å². The smallest absolute Gasteiger partial charge is 0.0226 e. The van der Waals surface area contributed by atoms with Gasteiger partial charge in [-0.05, 0) is 31.8 Å². The van der Waals surface area contributed by atoms with Gasteiger partial charge in [0.15, 0.2) is 0 Å². The van der Waals surface area contributed by atoms with Crippen molar-refractivity contribution in [2.45, 2.75) is 0 Å². The van der Waals surface area contributed by atoms with Crippen LogP contribution in [0, 0.1) is 0 Å². The Kier molecular flexibility index (Phi) is 17.4. The van der Waals surface area contributed by atoms with Crippen LogP contribution in [0.5, 0.6) is 0 Å². The summed E-state index contributed by atoms with van der Waals surface area (Å²) < 4.78 is 19.4. The molecule has 0 atom stereocenters. The van der Waals surface area contributed by atoms with Crippen LogP contribution < -0.4 is 31.8 Å². The van der Waals surface area contributed by atoms with Gasteiger partial charge >= 0.3 is 25.5 Å². The third-order valence-electron chi connectivity index (χ3n) is 5.51. The van der Waals surface area contributed by atoms with Crippen molar-refractivity contribution in [1.29, 1.82) is 0 Å². The third-order valence-corrected chi connectivity index (χ3v) is 9.24. The largest absolute Gasteiger partial charge is 0.0622 e. The van der Waals surface area contributed by atoms with Crippen LogP contribution in [-0.2, 0) is 19.0 Å². The predicted octanol–water partition coefficient (Wildman–Crippen LogP) is 7.79. The minimum absolute atomic E-state index is 0.777. The van der Waals surface area contributed by atoms with E-state index in [1.165, 1.54) is 31.8 Å². The summed E-state index contributed by atoms with van der Waals surface area (Å²) in [5, 5.41) is 8.38. The molecule has 0 amide bonds. The van der Waals surface area contributed by atoms with Crippen molar-refractivity contribution in [3.8, 4) is 0 Å². The van der Waals surface area contributed by atoms with Gasteiger partial charge in [-0.3, -0.25) is 0 Å². The van der Waals surface area contributed by atoms with E-state index >= 15 is 0 Å². The van der Waals surface area contributed by atoms with Gasteiger partial charge in [0, 0.05) is 0 Å². The van der Waals surface area contributed by atoms with Crippen LogP contribution in [0.25, 0.3) is 0 Å². The molecule has 216 valence electrons.